The zero-order chi connectivity index (χ0) is 14.1. The average molecular weight is 262 g/mol. The lowest BCUT2D eigenvalue weighted by Gasteiger charge is -2.20. The number of ether oxygens (including phenoxy) is 1. The van der Waals surface area contributed by atoms with Crippen molar-refractivity contribution in [1.82, 2.24) is 10.2 Å². The second kappa shape index (κ2) is 8.29. The molecule has 104 valence electrons. The van der Waals surface area contributed by atoms with E-state index in [9.17, 15) is 14.4 Å². The van der Waals surface area contributed by atoms with Gasteiger partial charge in [0.2, 0.25) is 0 Å². The van der Waals surface area contributed by atoms with E-state index in [-0.39, 0.29) is 19.6 Å². The third-order valence-electron chi connectivity index (χ3n) is 2.08. The molecule has 0 rings (SSSR count). The average Bonchev–Trinajstić information content (AvgIpc) is 2.32. The molecule has 0 aromatic heterocycles. The summed E-state index contributed by atoms with van der Waals surface area (Å²) in [5, 5.41) is 19.5. The normalized spacial score (nSPS) is 11.5. The van der Waals surface area contributed by atoms with Gasteiger partial charge in [0, 0.05) is 13.6 Å². The standard InChI is InChI=1S/C10H18N2O6/c1-3-18-8(14)4-5-12(2)10(17)11-7(6-13)9(15)16/h7,13H,3-6H2,1-2H3,(H,11,17)(H,15,16)/t7-/m1/s1. The van der Waals surface area contributed by atoms with Crippen LogP contribution in [0.3, 0.4) is 0 Å². The molecule has 0 aromatic carbocycles. The van der Waals surface area contributed by atoms with Crippen LogP contribution in [-0.2, 0) is 14.3 Å². The summed E-state index contributed by atoms with van der Waals surface area (Å²) in [4.78, 5) is 34.2. The Morgan fingerprint density at radius 3 is 2.44 bits per heavy atom. The number of amides is 2. The van der Waals surface area contributed by atoms with E-state index in [0.29, 0.717) is 0 Å². The SMILES string of the molecule is CCOC(=O)CCN(C)C(=O)N[C@H](CO)C(=O)O. The lowest BCUT2D eigenvalue weighted by Crippen LogP contribution is -2.48. The number of nitrogens with zero attached hydrogens (tertiary/aromatic N) is 1. The van der Waals surface area contributed by atoms with Gasteiger partial charge in [-0.3, -0.25) is 4.79 Å². The molecule has 0 aliphatic heterocycles. The summed E-state index contributed by atoms with van der Waals surface area (Å²) in [6, 6.07) is -2.04. The molecule has 2 amide bonds. The number of hydrogen-bond donors (Lipinski definition) is 3. The fourth-order valence-electron chi connectivity index (χ4n) is 1.04. The van der Waals surface area contributed by atoms with Gasteiger partial charge in [-0.15, -0.1) is 0 Å². The van der Waals surface area contributed by atoms with E-state index < -0.39 is 30.6 Å². The first kappa shape index (κ1) is 16.2. The summed E-state index contributed by atoms with van der Waals surface area (Å²) in [6.45, 7) is 1.34. The van der Waals surface area contributed by atoms with Crippen molar-refractivity contribution in [1.29, 1.82) is 0 Å². The molecule has 0 saturated heterocycles. The van der Waals surface area contributed by atoms with Gasteiger partial charge in [0.05, 0.1) is 19.6 Å². The molecule has 0 heterocycles. The van der Waals surface area contributed by atoms with Crippen molar-refractivity contribution in [2.75, 3.05) is 26.8 Å². The Morgan fingerprint density at radius 2 is 2.00 bits per heavy atom. The van der Waals surface area contributed by atoms with Crippen molar-refractivity contribution in [2.45, 2.75) is 19.4 Å². The van der Waals surface area contributed by atoms with Crippen molar-refractivity contribution < 1.29 is 29.3 Å². The van der Waals surface area contributed by atoms with Crippen molar-refractivity contribution >= 4 is 18.0 Å². The number of carboxylic acid groups (broad SMARTS) is 1. The summed E-state index contributed by atoms with van der Waals surface area (Å²) >= 11 is 0. The lowest BCUT2D eigenvalue weighted by atomic mass is 10.3. The molecule has 0 aliphatic carbocycles. The maximum Gasteiger partial charge on any atom is 0.328 e. The first-order valence-corrected chi connectivity index (χ1v) is 5.43. The third kappa shape index (κ3) is 6.04. The maximum absolute atomic E-state index is 11.5. The summed E-state index contributed by atoms with van der Waals surface area (Å²) in [7, 11) is 1.41. The number of nitrogens with one attached hydrogen (secondary N) is 1. The number of carbonyl (C=O) groups is 3. The number of aliphatic hydroxyl groups is 1. The summed E-state index contributed by atoms with van der Waals surface area (Å²) in [6.07, 6.45) is 0.0224. The van der Waals surface area contributed by atoms with Gasteiger partial charge in [-0.25, -0.2) is 9.59 Å². The van der Waals surface area contributed by atoms with Crippen LogP contribution in [0.1, 0.15) is 13.3 Å². The molecule has 8 nitrogen and oxygen atoms in total. The molecule has 0 aromatic rings. The minimum atomic E-state index is -1.36. The number of aliphatic hydroxyl groups excluding tert-OH is 1. The minimum Gasteiger partial charge on any atom is -0.480 e. The van der Waals surface area contributed by atoms with E-state index in [4.69, 9.17) is 10.2 Å². The molecule has 0 saturated carbocycles. The van der Waals surface area contributed by atoms with E-state index in [0.717, 1.165) is 4.90 Å². The quantitative estimate of drug-likeness (QED) is 0.508. The van der Waals surface area contributed by atoms with E-state index in [1.807, 2.05) is 0 Å². The van der Waals surface area contributed by atoms with Gasteiger partial charge in [0.25, 0.3) is 0 Å². The van der Waals surface area contributed by atoms with Crippen LogP contribution in [0, 0.1) is 0 Å². The Hall–Kier alpha value is -1.83. The zero-order valence-electron chi connectivity index (χ0n) is 10.4. The van der Waals surface area contributed by atoms with Crippen molar-refractivity contribution in [2.24, 2.45) is 0 Å². The Labute approximate surface area is 105 Å². The van der Waals surface area contributed by atoms with E-state index >= 15 is 0 Å². The molecule has 0 fully saturated rings. The number of esters is 1. The van der Waals surface area contributed by atoms with Crippen LogP contribution in [0.4, 0.5) is 4.79 Å². The Bertz CT molecular complexity index is 307. The highest BCUT2D eigenvalue weighted by molar-refractivity contribution is 5.82. The van der Waals surface area contributed by atoms with E-state index in [2.05, 4.69) is 10.1 Å². The highest BCUT2D eigenvalue weighted by atomic mass is 16.5. The van der Waals surface area contributed by atoms with Crippen LogP contribution >= 0.6 is 0 Å². The molecule has 0 radical (unpaired) electrons. The third-order valence-corrected chi connectivity index (χ3v) is 2.08. The zero-order valence-corrected chi connectivity index (χ0v) is 10.4. The van der Waals surface area contributed by atoms with Gasteiger partial charge < -0.3 is 25.2 Å². The maximum atomic E-state index is 11.5. The number of carbonyl (C=O) groups excluding carboxylic acids is 2. The molecule has 0 aliphatic rings. The number of carboxylic acids is 1. The largest absolute Gasteiger partial charge is 0.480 e. The smallest absolute Gasteiger partial charge is 0.328 e. The molecular weight excluding hydrogens is 244 g/mol. The molecule has 1 atom stereocenters. The summed E-state index contributed by atoms with van der Waals surface area (Å²) in [5.41, 5.74) is 0. The highest BCUT2D eigenvalue weighted by Gasteiger charge is 2.20. The molecule has 3 N–H and O–H groups in total. The predicted octanol–water partition coefficient (Wildman–Crippen LogP) is -0.973. The summed E-state index contributed by atoms with van der Waals surface area (Å²) < 4.78 is 4.68. The molecule has 0 spiro atoms. The van der Waals surface area contributed by atoms with Gasteiger partial charge in [-0.1, -0.05) is 0 Å². The molecule has 0 unspecified atom stereocenters. The van der Waals surface area contributed by atoms with Crippen LogP contribution in [-0.4, -0.2) is 65.9 Å². The summed E-state index contributed by atoms with van der Waals surface area (Å²) in [5.74, 6) is -1.77. The van der Waals surface area contributed by atoms with Crippen LogP contribution in [0.25, 0.3) is 0 Å². The van der Waals surface area contributed by atoms with Gasteiger partial charge in [0.1, 0.15) is 0 Å². The van der Waals surface area contributed by atoms with Crippen molar-refractivity contribution in [3.63, 3.8) is 0 Å². The number of hydrogen-bond acceptors (Lipinski definition) is 5. The fraction of sp³-hybridized carbons (Fsp3) is 0.700. The van der Waals surface area contributed by atoms with Crippen LogP contribution < -0.4 is 5.32 Å². The van der Waals surface area contributed by atoms with Crippen LogP contribution in [0.2, 0.25) is 0 Å². The van der Waals surface area contributed by atoms with E-state index in [1.165, 1.54) is 7.05 Å². The minimum absolute atomic E-state index is 0.0224. The fourth-order valence-corrected chi connectivity index (χ4v) is 1.04. The molecule has 18 heavy (non-hydrogen) atoms. The Morgan fingerprint density at radius 1 is 1.39 bits per heavy atom. The van der Waals surface area contributed by atoms with Crippen LogP contribution in [0.15, 0.2) is 0 Å². The second-order valence-corrected chi connectivity index (χ2v) is 3.50. The Kier molecular flexibility index (Phi) is 7.45. The highest BCUT2D eigenvalue weighted by Crippen LogP contribution is 1.93. The second-order valence-electron chi connectivity index (χ2n) is 3.50. The van der Waals surface area contributed by atoms with Gasteiger partial charge >= 0.3 is 18.0 Å². The number of aliphatic carboxylic acids is 1. The van der Waals surface area contributed by atoms with Crippen molar-refractivity contribution in [3.05, 3.63) is 0 Å². The Balaban J connectivity index is 4.10. The first-order valence-electron chi connectivity index (χ1n) is 5.43. The lowest BCUT2D eigenvalue weighted by molar-refractivity contribution is -0.143. The van der Waals surface area contributed by atoms with E-state index in [1.54, 1.807) is 6.92 Å². The van der Waals surface area contributed by atoms with Crippen molar-refractivity contribution in [3.8, 4) is 0 Å². The topological polar surface area (TPSA) is 116 Å². The molecular formula is C10H18N2O6. The number of urea groups is 1. The van der Waals surface area contributed by atoms with Gasteiger partial charge in [-0.2, -0.15) is 0 Å². The first-order chi connectivity index (χ1) is 8.42. The van der Waals surface area contributed by atoms with Gasteiger partial charge in [-0.05, 0) is 6.92 Å². The van der Waals surface area contributed by atoms with Crippen LogP contribution in [0.5, 0.6) is 0 Å². The van der Waals surface area contributed by atoms with Gasteiger partial charge in [0.15, 0.2) is 6.04 Å². The molecule has 8 heteroatoms. The molecule has 0 bridgehead atoms. The number of rotatable bonds is 7. The monoisotopic (exact) mass is 262 g/mol. The predicted molar refractivity (Wildman–Crippen MR) is 60.9 cm³/mol.